The molecule has 0 bridgehead atoms. The Morgan fingerprint density at radius 2 is 1.23 bits per heavy atom. The lowest BCUT2D eigenvalue weighted by molar-refractivity contribution is -0.287. The molecule has 8 aliphatic rings. The van der Waals surface area contributed by atoms with Gasteiger partial charge in [0.25, 0.3) is 0 Å². The van der Waals surface area contributed by atoms with Crippen LogP contribution in [0.5, 0.6) is 0 Å². The second-order valence-electron chi connectivity index (χ2n) is 16.7. The molecule has 9 rings (SSSR count). The maximum Gasteiger partial charge on any atom is 0.509 e. The van der Waals surface area contributed by atoms with Crippen molar-refractivity contribution >= 4 is 18.4 Å². The van der Waals surface area contributed by atoms with E-state index in [9.17, 15) is 14.4 Å². The highest BCUT2D eigenvalue weighted by molar-refractivity contribution is 5.67. The van der Waals surface area contributed by atoms with E-state index in [1.54, 1.807) is 0 Å². The molecule has 0 aromatic heterocycles. The van der Waals surface area contributed by atoms with Crippen LogP contribution < -0.4 is 11.1 Å². The summed E-state index contributed by atoms with van der Waals surface area (Å²) >= 11 is 0. The minimum absolute atomic E-state index is 0.0378. The third-order valence-electron chi connectivity index (χ3n) is 11.4. The minimum Gasteiger partial charge on any atom is -0.445 e. The van der Waals surface area contributed by atoms with Gasteiger partial charge in [-0.05, 0) is 72.0 Å². The van der Waals surface area contributed by atoms with Crippen LogP contribution in [0.3, 0.4) is 0 Å². The average molecular weight is 791 g/mol. The third kappa shape index (κ3) is 8.44. The van der Waals surface area contributed by atoms with Crippen molar-refractivity contribution < 1.29 is 66.5 Å². The fourth-order valence-corrected chi connectivity index (χ4v) is 8.91. The number of benzene rings is 1. The molecular weight excluding hydrogens is 736 g/mol. The topological polar surface area (TPSA) is 197 Å². The molecule has 0 spiro atoms. The van der Waals surface area contributed by atoms with Gasteiger partial charge in [0.05, 0.1) is 26.3 Å². The van der Waals surface area contributed by atoms with E-state index in [0.717, 1.165) is 57.4 Å². The van der Waals surface area contributed by atoms with E-state index in [4.69, 9.17) is 57.8 Å². The van der Waals surface area contributed by atoms with Crippen molar-refractivity contribution in [3.8, 4) is 0 Å². The van der Waals surface area contributed by atoms with Crippen LogP contribution >= 0.6 is 0 Å². The molecule has 18 nitrogen and oxygen atoms in total. The summed E-state index contributed by atoms with van der Waals surface area (Å²) in [7, 11) is 0. The van der Waals surface area contributed by atoms with Crippen LogP contribution in [0, 0.1) is 0 Å². The zero-order chi connectivity index (χ0) is 39.3. The number of hydrogen-bond acceptors (Lipinski definition) is 17. The lowest BCUT2D eigenvalue weighted by Crippen LogP contribution is -2.63. The lowest BCUT2D eigenvalue weighted by atomic mass is 9.95. The molecule has 0 aliphatic carbocycles. The highest BCUT2D eigenvalue weighted by atomic mass is 16.9. The number of carbonyl (C=O) groups excluding carboxylic acids is 3. The lowest BCUT2D eigenvalue weighted by Gasteiger charge is -2.43. The van der Waals surface area contributed by atoms with E-state index < -0.39 is 78.2 Å². The van der Waals surface area contributed by atoms with Crippen molar-refractivity contribution in [3.05, 3.63) is 35.9 Å². The Morgan fingerprint density at radius 1 is 0.750 bits per heavy atom. The van der Waals surface area contributed by atoms with Gasteiger partial charge in [0.1, 0.15) is 6.61 Å². The summed E-state index contributed by atoms with van der Waals surface area (Å²) in [6.45, 7) is 12.3. The number of nitrogens with one attached hydrogen (secondary N) is 1. The number of alkyl carbamates (subject to hydrolysis) is 1. The SMILES string of the molecule is CC1(C)O[C@H]2[C@@H]3OC(=O)O[C@@H]3CO[C@@]2(CN2CCC(N)CC2)O1.CC1(C)O[C@H]2[C@@H]3OC(=O)O[C@@H]3CO[C@@]2(CN2CCC(NC(=O)OCc3ccccc3)CC2)O1. The standard InChI is InChI=1S/C23H30N2O8.C15H24N2O6/c1-22(2)32-19-18-17(30-21(27)31-18)13-29-23(19,33-22)14-25-10-8-16(9-11-25)24-20(26)28-12-15-6-4-3-5-7-15;1-14(2)22-12-11-10(20-13(18)21-11)7-19-15(12,23-14)8-17-5-3-9(16)4-6-17/h3-7,16-19H,8-14H2,1-2H3,(H,24,26);9-12H,3-8,16H2,1-2H3/t17-,18-,19+,23+;10-,11-,12+,15+/m11/s1. The van der Waals surface area contributed by atoms with Crippen molar-refractivity contribution in [3.63, 3.8) is 0 Å². The first-order valence-electron chi connectivity index (χ1n) is 19.6. The molecule has 1 aromatic rings. The maximum absolute atomic E-state index is 12.2. The molecule has 1 amide bonds. The van der Waals surface area contributed by atoms with E-state index in [-0.39, 0.29) is 31.9 Å². The molecule has 8 atom stereocenters. The van der Waals surface area contributed by atoms with Crippen LogP contribution in [0.25, 0.3) is 0 Å². The summed E-state index contributed by atoms with van der Waals surface area (Å²) < 4.78 is 63.0. The Hall–Kier alpha value is -3.33. The van der Waals surface area contributed by atoms with E-state index >= 15 is 0 Å². The monoisotopic (exact) mass is 790 g/mol. The van der Waals surface area contributed by atoms with Gasteiger partial charge in [-0.2, -0.15) is 0 Å². The zero-order valence-corrected chi connectivity index (χ0v) is 32.4. The second kappa shape index (κ2) is 15.4. The van der Waals surface area contributed by atoms with Gasteiger partial charge in [0.2, 0.25) is 11.6 Å². The Bertz CT molecular complexity index is 1590. The summed E-state index contributed by atoms with van der Waals surface area (Å²) in [4.78, 5) is 39.8. The van der Waals surface area contributed by atoms with E-state index in [0.29, 0.717) is 13.1 Å². The van der Waals surface area contributed by atoms with Gasteiger partial charge < -0.3 is 63.2 Å². The van der Waals surface area contributed by atoms with E-state index in [1.807, 2.05) is 58.0 Å². The van der Waals surface area contributed by atoms with Crippen LogP contribution in [0.1, 0.15) is 58.9 Å². The Morgan fingerprint density at radius 3 is 1.73 bits per heavy atom. The van der Waals surface area contributed by atoms with Gasteiger partial charge >= 0.3 is 18.4 Å². The van der Waals surface area contributed by atoms with Crippen molar-refractivity contribution in [1.82, 2.24) is 15.1 Å². The Labute approximate surface area is 325 Å². The summed E-state index contributed by atoms with van der Waals surface area (Å²) in [6.07, 6.45) is -1.40. The van der Waals surface area contributed by atoms with Gasteiger partial charge in [-0.1, -0.05) is 30.3 Å². The largest absolute Gasteiger partial charge is 0.509 e. The first-order valence-corrected chi connectivity index (χ1v) is 19.6. The molecule has 310 valence electrons. The molecule has 0 saturated carbocycles. The summed E-state index contributed by atoms with van der Waals surface area (Å²) in [5, 5.41) is 2.96. The predicted octanol–water partition coefficient (Wildman–Crippen LogP) is 2.35. The van der Waals surface area contributed by atoms with Gasteiger partial charge in [-0.3, -0.25) is 9.80 Å². The minimum atomic E-state index is -1.05. The number of hydrogen-bond donors (Lipinski definition) is 2. The smallest absolute Gasteiger partial charge is 0.445 e. The van der Waals surface area contributed by atoms with Gasteiger partial charge in [0, 0.05) is 25.2 Å². The first kappa shape index (κ1) is 39.5. The molecule has 18 heteroatoms. The molecule has 3 N–H and O–H groups in total. The second-order valence-corrected chi connectivity index (χ2v) is 16.7. The number of likely N-dealkylation sites (tertiary alicyclic amines) is 2. The summed E-state index contributed by atoms with van der Waals surface area (Å²) in [6, 6.07) is 9.89. The summed E-state index contributed by atoms with van der Waals surface area (Å²) in [5.74, 6) is -3.68. The number of fused-ring (bicyclic) bond motifs is 6. The van der Waals surface area contributed by atoms with Crippen molar-refractivity contribution in [2.75, 3.05) is 52.5 Å². The van der Waals surface area contributed by atoms with Crippen LogP contribution in [0.2, 0.25) is 0 Å². The van der Waals surface area contributed by atoms with Gasteiger partial charge in [-0.15, -0.1) is 0 Å². The van der Waals surface area contributed by atoms with Gasteiger partial charge in [-0.25, -0.2) is 14.4 Å². The molecule has 8 fully saturated rings. The molecule has 0 radical (unpaired) electrons. The first-order chi connectivity index (χ1) is 26.7. The Kier molecular flexibility index (Phi) is 10.9. The number of amides is 1. The van der Waals surface area contributed by atoms with Crippen LogP contribution in [0.15, 0.2) is 30.3 Å². The van der Waals surface area contributed by atoms with E-state index in [2.05, 4.69) is 15.1 Å². The molecular formula is C38H54N4O14. The number of ether oxygens (including phenoxy) is 11. The van der Waals surface area contributed by atoms with Crippen molar-refractivity contribution in [2.24, 2.45) is 5.73 Å². The molecule has 8 aliphatic heterocycles. The molecule has 8 saturated heterocycles. The van der Waals surface area contributed by atoms with Crippen molar-refractivity contribution in [2.45, 2.75) is 132 Å². The summed E-state index contributed by atoms with van der Waals surface area (Å²) in [5.41, 5.74) is 6.93. The number of piperidine rings is 2. The number of nitrogens with two attached hydrogens (primary N) is 1. The van der Waals surface area contributed by atoms with Gasteiger partial charge in [0.15, 0.2) is 48.2 Å². The number of rotatable bonds is 7. The molecule has 1 aromatic carbocycles. The van der Waals surface area contributed by atoms with E-state index in [1.165, 1.54) is 0 Å². The average Bonchev–Trinajstić information content (AvgIpc) is 3.88. The maximum atomic E-state index is 12.2. The fraction of sp³-hybridized carbons (Fsp3) is 0.763. The van der Waals surface area contributed by atoms with Crippen LogP contribution in [-0.2, 0) is 58.7 Å². The Balaban J connectivity index is 0.000000168. The highest BCUT2D eigenvalue weighted by Crippen LogP contribution is 2.47. The number of carbonyl (C=O) groups is 3. The fourth-order valence-electron chi connectivity index (χ4n) is 8.91. The third-order valence-corrected chi connectivity index (χ3v) is 11.4. The highest BCUT2D eigenvalue weighted by Gasteiger charge is 2.67. The van der Waals surface area contributed by atoms with Crippen molar-refractivity contribution in [1.29, 1.82) is 0 Å². The van der Waals surface area contributed by atoms with Crippen LogP contribution in [0.4, 0.5) is 14.4 Å². The molecule has 56 heavy (non-hydrogen) atoms. The quantitative estimate of drug-likeness (QED) is 0.301. The molecule has 8 heterocycles. The zero-order valence-electron chi connectivity index (χ0n) is 32.4. The predicted molar refractivity (Wildman–Crippen MR) is 191 cm³/mol. The molecule has 0 unspecified atom stereocenters. The number of nitrogens with zero attached hydrogens (tertiary/aromatic N) is 2. The normalized spacial score (nSPS) is 37.7. The van der Waals surface area contributed by atoms with Crippen LogP contribution in [-0.4, -0.2) is 153 Å².